The van der Waals surface area contributed by atoms with Gasteiger partial charge in [-0.05, 0) is 26.3 Å². The fraction of sp³-hybridized carbons (Fsp3) is 0.692. The molecule has 1 unspecified atom stereocenters. The third-order valence-corrected chi connectivity index (χ3v) is 3.54. The van der Waals surface area contributed by atoms with E-state index in [1.165, 1.54) is 6.07 Å². The number of carbonyl (C=O) groups excluding carboxylic acids is 1. The summed E-state index contributed by atoms with van der Waals surface area (Å²) >= 11 is 0. The lowest BCUT2D eigenvalue weighted by atomic mass is 10.1. The molecule has 1 aliphatic rings. The van der Waals surface area contributed by atoms with Crippen molar-refractivity contribution in [1.82, 2.24) is 9.64 Å². The number of nitrogens with zero attached hydrogens (tertiary/aromatic N) is 2. The second-order valence-corrected chi connectivity index (χ2v) is 5.03. The van der Waals surface area contributed by atoms with Crippen LogP contribution in [-0.4, -0.2) is 46.4 Å². The summed E-state index contributed by atoms with van der Waals surface area (Å²) in [6.07, 6.45) is 4.07. The van der Waals surface area contributed by atoms with E-state index in [1.54, 1.807) is 6.92 Å². The molecule has 1 saturated heterocycles. The van der Waals surface area contributed by atoms with Crippen LogP contribution in [0.15, 0.2) is 15.4 Å². The molecule has 0 saturated carbocycles. The molecule has 1 aromatic heterocycles. The van der Waals surface area contributed by atoms with E-state index >= 15 is 0 Å². The number of hydrogen-bond acceptors (Lipinski definition) is 5. The first-order chi connectivity index (χ1) is 9.11. The van der Waals surface area contributed by atoms with Gasteiger partial charge >= 0.3 is 0 Å². The summed E-state index contributed by atoms with van der Waals surface area (Å²) in [5.74, 6) is 0.0476. The van der Waals surface area contributed by atoms with E-state index < -0.39 is 5.56 Å². The van der Waals surface area contributed by atoms with Gasteiger partial charge in [0, 0.05) is 12.1 Å². The van der Waals surface area contributed by atoms with Crippen LogP contribution in [0, 0.1) is 6.92 Å². The van der Waals surface area contributed by atoms with Crippen molar-refractivity contribution in [3.05, 3.63) is 22.2 Å². The van der Waals surface area contributed by atoms with Crippen molar-refractivity contribution >= 4 is 5.91 Å². The maximum absolute atomic E-state index is 12.1. The standard InChI is InChI=1S/C13H20N2O4/c1-10-7-12(17)15(19-10)13(18)8-14-6-4-2-3-5-11(14)9-16/h7,11,16H,2-6,8-9H2,1H3. The highest BCUT2D eigenvalue weighted by Crippen LogP contribution is 2.16. The number of aliphatic hydroxyl groups excluding tert-OH is 1. The fourth-order valence-electron chi connectivity index (χ4n) is 2.51. The third kappa shape index (κ3) is 3.33. The van der Waals surface area contributed by atoms with Gasteiger partial charge in [0.05, 0.1) is 13.2 Å². The van der Waals surface area contributed by atoms with E-state index in [-0.39, 0.29) is 25.1 Å². The quantitative estimate of drug-likeness (QED) is 0.870. The highest BCUT2D eigenvalue weighted by molar-refractivity contribution is 5.79. The van der Waals surface area contributed by atoms with E-state index in [4.69, 9.17) is 4.52 Å². The molecule has 6 heteroatoms. The highest BCUT2D eigenvalue weighted by Gasteiger charge is 2.24. The summed E-state index contributed by atoms with van der Waals surface area (Å²) in [4.78, 5) is 25.5. The number of likely N-dealkylation sites (tertiary alicyclic amines) is 1. The van der Waals surface area contributed by atoms with Crippen molar-refractivity contribution in [2.75, 3.05) is 19.7 Å². The Kier molecular flexibility index (Phi) is 4.55. The predicted octanol–water partition coefficient (Wildman–Crippen LogP) is 0.627. The molecule has 1 aliphatic heterocycles. The monoisotopic (exact) mass is 268 g/mol. The Bertz CT molecular complexity index is 491. The summed E-state index contributed by atoms with van der Waals surface area (Å²) in [7, 11) is 0. The van der Waals surface area contributed by atoms with Gasteiger partial charge in [0.25, 0.3) is 11.5 Å². The minimum atomic E-state index is -0.433. The van der Waals surface area contributed by atoms with Crippen molar-refractivity contribution in [3.63, 3.8) is 0 Å². The van der Waals surface area contributed by atoms with E-state index in [0.717, 1.165) is 37.0 Å². The summed E-state index contributed by atoms with van der Waals surface area (Å²) in [5.41, 5.74) is -0.433. The van der Waals surface area contributed by atoms with Crippen molar-refractivity contribution in [3.8, 4) is 0 Å². The van der Waals surface area contributed by atoms with Crippen LogP contribution in [0.25, 0.3) is 0 Å². The normalized spacial score (nSPS) is 21.3. The third-order valence-electron chi connectivity index (χ3n) is 3.54. The zero-order valence-electron chi connectivity index (χ0n) is 11.2. The van der Waals surface area contributed by atoms with Crippen molar-refractivity contribution in [2.24, 2.45) is 0 Å². The van der Waals surface area contributed by atoms with Crippen molar-refractivity contribution in [2.45, 2.75) is 38.6 Å². The van der Waals surface area contributed by atoms with Crippen LogP contribution in [0.5, 0.6) is 0 Å². The molecule has 1 aromatic rings. The first-order valence-corrected chi connectivity index (χ1v) is 6.70. The number of rotatable bonds is 3. The molecule has 1 atom stereocenters. The van der Waals surface area contributed by atoms with E-state index in [1.807, 2.05) is 4.90 Å². The minimum absolute atomic E-state index is 0.00166. The van der Waals surface area contributed by atoms with Gasteiger partial charge in [0.2, 0.25) is 0 Å². The molecule has 0 bridgehead atoms. The maximum Gasteiger partial charge on any atom is 0.290 e. The Balaban J connectivity index is 2.08. The van der Waals surface area contributed by atoms with E-state index in [2.05, 4.69) is 0 Å². The molecule has 0 spiro atoms. The molecule has 106 valence electrons. The molecule has 6 nitrogen and oxygen atoms in total. The number of aromatic nitrogens is 1. The van der Waals surface area contributed by atoms with Crippen LogP contribution in [0.1, 0.15) is 36.2 Å². The van der Waals surface area contributed by atoms with Gasteiger partial charge in [0.15, 0.2) is 0 Å². The molecule has 2 rings (SSSR count). The van der Waals surface area contributed by atoms with Crippen molar-refractivity contribution < 1.29 is 14.4 Å². The molecule has 2 heterocycles. The van der Waals surface area contributed by atoms with Gasteiger partial charge in [-0.15, -0.1) is 4.74 Å². The Morgan fingerprint density at radius 2 is 2.26 bits per heavy atom. The Morgan fingerprint density at radius 1 is 1.47 bits per heavy atom. The number of carbonyl (C=O) groups is 1. The first kappa shape index (κ1) is 14.0. The summed E-state index contributed by atoms with van der Waals surface area (Å²) < 4.78 is 5.88. The van der Waals surface area contributed by atoms with Gasteiger partial charge in [-0.2, -0.15) is 0 Å². The van der Waals surface area contributed by atoms with Crippen LogP contribution < -0.4 is 5.56 Å². The highest BCUT2D eigenvalue weighted by atomic mass is 16.5. The van der Waals surface area contributed by atoms with Gasteiger partial charge in [0.1, 0.15) is 5.76 Å². The second-order valence-electron chi connectivity index (χ2n) is 5.03. The van der Waals surface area contributed by atoms with Crippen LogP contribution in [-0.2, 0) is 0 Å². The van der Waals surface area contributed by atoms with Gasteiger partial charge in [-0.1, -0.05) is 12.8 Å². The number of aryl methyl sites for hydroxylation is 1. The van der Waals surface area contributed by atoms with E-state index in [0.29, 0.717) is 5.76 Å². The van der Waals surface area contributed by atoms with Crippen LogP contribution in [0.4, 0.5) is 0 Å². The van der Waals surface area contributed by atoms with Gasteiger partial charge < -0.3 is 9.63 Å². The van der Waals surface area contributed by atoms with Crippen LogP contribution in [0.3, 0.4) is 0 Å². The van der Waals surface area contributed by atoms with Crippen LogP contribution in [0.2, 0.25) is 0 Å². The van der Waals surface area contributed by atoms with Crippen molar-refractivity contribution in [1.29, 1.82) is 0 Å². The Morgan fingerprint density at radius 3 is 2.89 bits per heavy atom. The zero-order chi connectivity index (χ0) is 13.8. The molecule has 0 aliphatic carbocycles. The lowest BCUT2D eigenvalue weighted by Gasteiger charge is -2.27. The maximum atomic E-state index is 12.1. The molecule has 0 radical (unpaired) electrons. The minimum Gasteiger partial charge on any atom is -0.395 e. The second kappa shape index (κ2) is 6.16. The summed E-state index contributed by atoms with van der Waals surface area (Å²) in [6, 6.07) is 1.29. The molecule has 1 fully saturated rings. The van der Waals surface area contributed by atoms with E-state index in [9.17, 15) is 14.7 Å². The lowest BCUT2D eigenvalue weighted by molar-refractivity contribution is 0.0629. The summed E-state index contributed by atoms with van der Waals surface area (Å²) in [5, 5.41) is 9.38. The molecule has 0 amide bonds. The average Bonchev–Trinajstić information content (AvgIpc) is 2.60. The van der Waals surface area contributed by atoms with Crippen LogP contribution >= 0.6 is 0 Å². The largest absolute Gasteiger partial charge is 0.395 e. The molecular weight excluding hydrogens is 248 g/mol. The Labute approximate surface area is 111 Å². The predicted molar refractivity (Wildman–Crippen MR) is 69.2 cm³/mol. The average molecular weight is 268 g/mol. The zero-order valence-corrected chi connectivity index (χ0v) is 11.2. The molecule has 0 aromatic carbocycles. The Hall–Kier alpha value is -1.40. The number of aliphatic hydroxyl groups is 1. The fourth-order valence-corrected chi connectivity index (χ4v) is 2.51. The SMILES string of the molecule is Cc1cc(=O)n(C(=O)CN2CCCCCC2CO)o1. The number of hydrogen-bond donors (Lipinski definition) is 1. The molecule has 19 heavy (non-hydrogen) atoms. The first-order valence-electron chi connectivity index (χ1n) is 6.70. The lowest BCUT2D eigenvalue weighted by Crippen LogP contribution is -2.43. The smallest absolute Gasteiger partial charge is 0.290 e. The topological polar surface area (TPSA) is 75.7 Å². The van der Waals surface area contributed by atoms with Gasteiger partial charge in [-0.3, -0.25) is 14.5 Å². The molecule has 1 N–H and O–H groups in total. The molecular formula is C13H20N2O4. The summed E-state index contributed by atoms with van der Waals surface area (Å²) in [6.45, 7) is 2.55. The van der Waals surface area contributed by atoms with Gasteiger partial charge in [-0.25, -0.2) is 0 Å².